The average molecular weight is 346 g/mol. The lowest BCUT2D eigenvalue weighted by molar-refractivity contribution is 0.245. The smallest absolute Gasteiger partial charge is 0.328 e. The zero-order valence-corrected chi connectivity index (χ0v) is 14.5. The van der Waals surface area contributed by atoms with E-state index in [-0.39, 0.29) is 4.90 Å². The molecule has 2 aromatic carbocycles. The Morgan fingerprint density at radius 3 is 2.29 bits per heavy atom. The Balaban J connectivity index is 1.72. The second-order valence-electron chi connectivity index (χ2n) is 5.62. The molecular formula is C18H22N2O3S. The van der Waals surface area contributed by atoms with Gasteiger partial charge in [-0.15, -0.1) is 0 Å². The van der Waals surface area contributed by atoms with Crippen LogP contribution in [0.3, 0.4) is 0 Å². The van der Waals surface area contributed by atoms with E-state index in [0.717, 1.165) is 24.8 Å². The van der Waals surface area contributed by atoms with E-state index in [2.05, 4.69) is 17.4 Å². The molecule has 0 fully saturated rings. The molecule has 2 aromatic rings. The maximum Gasteiger partial charge on any atom is 0.328 e. The quantitative estimate of drug-likeness (QED) is 0.757. The highest BCUT2D eigenvalue weighted by molar-refractivity contribution is 7.90. The van der Waals surface area contributed by atoms with Gasteiger partial charge in [0.2, 0.25) is 0 Å². The Morgan fingerprint density at radius 2 is 1.62 bits per heavy atom. The van der Waals surface area contributed by atoms with Gasteiger partial charge in [0.25, 0.3) is 10.0 Å². The van der Waals surface area contributed by atoms with Gasteiger partial charge in [0.1, 0.15) is 0 Å². The highest BCUT2D eigenvalue weighted by Crippen LogP contribution is 2.09. The summed E-state index contributed by atoms with van der Waals surface area (Å²) >= 11 is 0. The van der Waals surface area contributed by atoms with Crippen LogP contribution in [0.15, 0.2) is 59.5 Å². The molecule has 2 N–H and O–H groups in total. The predicted octanol–water partition coefficient (Wildman–Crippen LogP) is 3.01. The first kappa shape index (κ1) is 18.0. The van der Waals surface area contributed by atoms with E-state index in [1.54, 1.807) is 12.1 Å². The first-order chi connectivity index (χ1) is 11.5. The van der Waals surface area contributed by atoms with Crippen LogP contribution in [0.25, 0.3) is 0 Å². The van der Waals surface area contributed by atoms with Gasteiger partial charge in [0.15, 0.2) is 0 Å². The minimum atomic E-state index is -3.82. The number of sulfonamides is 1. The summed E-state index contributed by atoms with van der Waals surface area (Å²) in [5.41, 5.74) is 2.21. The van der Waals surface area contributed by atoms with Gasteiger partial charge in [-0.3, -0.25) is 0 Å². The zero-order chi connectivity index (χ0) is 17.4. The molecule has 0 unspecified atom stereocenters. The molecular weight excluding hydrogens is 324 g/mol. The lowest BCUT2D eigenvalue weighted by Gasteiger charge is -2.09. The average Bonchev–Trinajstić information content (AvgIpc) is 2.55. The lowest BCUT2D eigenvalue weighted by atomic mass is 10.1. The van der Waals surface area contributed by atoms with Crippen LogP contribution in [0.4, 0.5) is 4.79 Å². The van der Waals surface area contributed by atoms with Crippen molar-refractivity contribution in [1.29, 1.82) is 0 Å². The predicted molar refractivity (Wildman–Crippen MR) is 94.3 cm³/mol. The minimum absolute atomic E-state index is 0.0762. The van der Waals surface area contributed by atoms with Gasteiger partial charge in [-0.2, -0.15) is 0 Å². The third kappa shape index (κ3) is 5.70. The second kappa shape index (κ2) is 8.49. The van der Waals surface area contributed by atoms with Crippen LogP contribution >= 0.6 is 0 Å². The maximum atomic E-state index is 12.1. The standard InChI is InChI=1S/C18H22N2O3S/c1-15-10-12-17(13-11-15)24(22,23)20-18(21)19-14-6-5-9-16-7-3-2-4-8-16/h2-4,7-8,10-13H,5-6,9,14H2,1H3,(H2,19,20,21). The molecule has 2 amide bonds. The van der Waals surface area contributed by atoms with Crippen LogP contribution in [0, 0.1) is 6.92 Å². The van der Waals surface area contributed by atoms with Crippen molar-refractivity contribution in [3.63, 3.8) is 0 Å². The van der Waals surface area contributed by atoms with Crippen molar-refractivity contribution in [2.24, 2.45) is 0 Å². The van der Waals surface area contributed by atoms with Crippen LogP contribution in [-0.2, 0) is 16.4 Å². The summed E-state index contributed by atoms with van der Waals surface area (Å²) in [6.45, 7) is 2.30. The number of aryl methyl sites for hydroxylation is 2. The number of unbranched alkanes of at least 4 members (excludes halogenated alkanes) is 1. The van der Waals surface area contributed by atoms with Crippen LogP contribution < -0.4 is 10.0 Å². The number of nitrogens with one attached hydrogen (secondary N) is 2. The normalized spacial score (nSPS) is 11.0. The van der Waals surface area contributed by atoms with Crippen LogP contribution in [-0.4, -0.2) is 21.0 Å². The van der Waals surface area contributed by atoms with E-state index in [0.29, 0.717) is 6.54 Å². The van der Waals surface area contributed by atoms with Gasteiger partial charge in [-0.1, -0.05) is 48.0 Å². The molecule has 0 aliphatic rings. The molecule has 0 aliphatic carbocycles. The molecule has 0 saturated carbocycles. The number of hydrogen-bond donors (Lipinski definition) is 2. The van der Waals surface area contributed by atoms with E-state index in [1.807, 2.05) is 29.8 Å². The van der Waals surface area contributed by atoms with E-state index in [9.17, 15) is 13.2 Å². The summed E-state index contributed by atoms with van der Waals surface area (Å²) in [6, 6.07) is 15.7. The maximum absolute atomic E-state index is 12.1. The SMILES string of the molecule is Cc1ccc(S(=O)(=O)NC(=O)NCCCCc2ccccc2)cc1. The van der Waals surface area contributed by atoms with E-state index in [4.69, 9.17) is 0 Å². The highest BCUT2D eigenvalue weighted by atomic mass is 32.2. The summed E-state index contributed by atoms with van der Waals surface area (Å²) < 4.78 is 26.1. The van der Waals surface area contributed by atoms with Gasteiger partial charge < -0.3 is 5.32 Å². The largest absolute Gasteiger partial charge is 0.337 e. The van der Waals surface area contributed by atoms with E-state index >= 15 is 0 Å². The number of carbonyl (C=O) groups is 1. The number of amides is 2. The summed E-state index contributed by atoms with van der Waals surface area (Å²) in [7, 11) is -3.82. The van der Waals surface area contributed by atoms with Crippen molar-refractivity contribution in [3.05, 3.63) is 65.7 Å². The lowest BCUT2D eigenvalue weighted by Crippen LogP contribution is -2.39. The van der Waals surface area contributed by atoms with Crippen molar-refractivity contribution in [1.82, 2.24) is 10.0 Å². The highest BCUT2D eigenvalue weighted by Gasteiger charge is 2.16. The van der Waals surface area contributed by atoms with Crippen molar-refractivity contribution < 1.29 is 13.2 Å². The first-order valence-electron chi connectivity index (χ1n) is 7.88. The summed E-state index contributed by atoms with van der Waals surface area (Å²) in [5, 5.41) is 2.58. The van der Waals surface area contributed by atoms with Crippen molar-refractivity contribution in [2.75, 3.05) is 6.54 Å². The molecule has 2 rings (SSSR count). The van der Waals surface area contributed by atoms with Crippen molar-refractivity contribution in [3.8, 4) is 0 Å². The summed E-state index contributed by atoms with van der Waals surface area (Å²) in [5.74, 6) is 0. The fraction of sp³-hybridized carbons (Fsp3) is 0.278. The second-order valence-corrected chi connectivity index (χ2v) is 7.30. The topological polar surface area (TPSA) is 75.3 Å². The Morgan fingerprint density at radius 1 is 0.958 bits per heavy atom. The first-order valence-corrected chi connectivity index (χ1v) is 9.37. The van der Waals surface area contributed by atoms with Crippen LogP contribution in [0.1, 0.15) is 24.0 Å². The number of urea groups is 1. The van der Waals surface area contributed by atoms with Crippen LogP contribution in [0.2, 0.25) is 0 Å². The Bertz CT molecular complexity index is 757. The molecule has 0 aromatic heterocycles. The zero-order valence-electron chi connectivity index (χ0n) is 13.7. The monoisotopic (exact) mass is 346 g/mol. The molecule has 0 bridgehead atoms. The van der Waals surface area contributed by atoms with Gasteiger partial charge in [0.05, 0.1) is 4.90 Å². The molecule has 6 heteroatoms. The third-order valence-electron chi connectivity index (χ3n) is 3.58. The molecule has 0 atom stereocenters. The van der Waals surface area contributed by atoms with E-state index in [1.165, 1.54) is 17.7 Å². The Kier molecular flexibility index (Phi) is 6.37. The Labute approximate surface area is 143 Å². The molecule has 0 radical (unpaired) electrons. The fourth-order valence-electron chi connectivity index (χ4n) is 2.24. The number of rotatable bonds is 7. The number of hydrogen-bond acceptors (Lipinski definition) is 3. The molecule has 128 valence electrons. The Hall–Kier alpha value is -2.34. The number of benzene rings is 2. The van der Waals surface area contributed by atoms with Gasteiger partial charge in [-0.25, -0.2) is 17.9 Å². The van der Waals surface area contributed by atoms with Gasteiger partial charge >= 0.3 is 6.03 Å². The molecule has 5 nitrogen and oxygen atoms in total. The molecule has 0 aliphatic heterocycles. The third-order valence-corrected chi connectivity index (χ3v) is 4.93. The van der Waals surface area contributed by atoms with Crippen LogP contribution in [0.5, 0.6) is 0 Å². The van der Waals surface area contributed by atoms with Crippen molar-refractivity contribution >= 4 is 16.1 Å². The van der Waals surface area contributed by atoms with Gasteiger partial charge in [0, 0.05) is 6.54 Å². The summed E-state index contributed by atoms with van der Waals surface area (Å²) in [6.07, 6.45) is 2.65. The summed E-state index contributed by atoms with van der Waals surface area (Å²) in [4.78, 5) is 11.8. The molecule has 0 heterocycles. The van der Waals surface area contributed by atoms with Gasteiger partial charge in [-0.05, 0) is 43.9 Å². The fourth-order valence-corrected chi connectivity index (χ4v) is 3.16. The molecule has 0 saturated heterocycles. The van der Waals surface area contributed by atoms with Crippen molar-refractivity contribution in [2.45, 2.75) is 31.1 Å². The minimum Gasteiger partial charge on any atom is -0.337 e. The van der Waals surface area contributed by atoms with E-state index < -0.39 is 16.1 Å². The number of carbonyl (C=O) groups excluding carboxylic acids is 1. The molecule has 0 spiro atoms. The molecule has 24 heavy (non-hydrogen) atoms.